The number of hydrogen-bond donors (Lipinski definition) is 3. The third-order valence-electron chi connectivity index (χ3n) is 4.41. The minimum Gasteiger partial charge on any atom is -0.331 e. The molecule has 2 aromatic heterocycles. The van der Waals surface area contributed by atoms with Crippen LogP contribution in [0.5, 0.6) is 0 Å². The summed E-state index contributed by atoms with van der Waals surface area (Å²) in [6, 6.07) is 23.9. The van der Waals surface area contributed by atoms with Crippen molar-refractivity contribution in [3.05, 3.63) is 111 Å². The Labute approximate surface area is 188 Å². The topological polar surface area (TPSA) is 73.2 Å². The average molecular weight is 447 g/mol. The van der Waals surface area contributed by atoms with Crippen molar-refractivity contribution in [1.29, 1.82) is 0 Å². The molecule has 0 aliphatic rings. The van der Waals surface area contributed by atoms with Gasteiger partial charge in [0.05, 0.1) is 18.6 Å². The van der Waals surface area contributed by atoms with Crippen LogP contribution in [0.2, 0.25) is 0 Å². The van der Waals surface area contributed by atoms with Gasteiger partial charge in [0.15, 0.2) is 5.11 Å². The van der Waals surface area contributed by atoms with Gasteiger partial charge in [0.25, 0.3) is 0 Å². The molecule has 4 rings (SSSR count). The van der Waals surface area contributed by atoms with E-state index >= 15 is 0 Å². The number of thiocarbonyl (C=S) groups is 1. The summed E-state index contributed by atoms with van der Waals surface area (Å²) in [6.07, 6.45) is 6.31. The molecule has 0 radical (unpaired) electrons. The van der Waals surface area contributed by atoms with Gasteiger partial charge in [0, 0.05) is 12.1 Å². The molecule has 0 aliphatic carbocycles. The van der Waals surface area contributed by atoms with Crippen molar-refractivity contribution in [1.82, 2.24) is 10.4 Å². The molecule has 154 valence electrons. The fourth-order valence-electron chi connectivity index (χ4n) is 3.04. The Bertz CT molecular complexity index is 1250. The van der Waals surface area contributed by atoms with Crippen LogP contribution in [0.15, 0.2) is 95.1 Å². The third-order valence-corrected chi connectivity index (χ3v) is 5.41. The lowest BCUT2D eigenvalue weighted by molar-refractivity contribution is -0.599. The van der Waals surface area contributed by atoms with Crippen molar-refractivity contribution in [2.24, 2.45) is 5.10 Å². The summed E-state index contributed by atoms with van der Waals surface area (Å²) < 4.78 is 1.90. The van der Waals surface area contributed by atoms with Crippen LogP contribution in [0.3, 0.4) is 0 Å². The van der Waals surface area contributed by atoms with Gasteiger partial charge in [-0.3, -0.25) is 5.43 Å². The van der Waals surface area contributed by atoms with Gasteiger partial charge in [-0.25, -0.2) is 9.36 Å². The van der Waals surface area contributed by atoms with Crippen molar-refractivity contribution in [2.45, 2.75) is 6.42 Å². The number of rotatable bonds is 6. The molecule has 3 N–H and O–H groups in total. The maximum atomic E-state index is 12.0. The Hall–Kier alpha value is -3.62. The molecular formula is C23H20N5OS2+. The monoisotopic (exact) mass is 446 g/mol. The quantitative estimate of drug-likeness (QED) is 0.183. The first-order chi connectivity index (χ1) is 15.2. The van der Waals surface area contributed by atoms with E-state index < -0.39 is 0 Å². The SMILES string of the molecule is O=c1[nH]c(-[n+]2cccc(Cc3ccccc3)c2)c(C=NNC(=S)Nc2ccccc2)s1. The Morgan fingerprint density at radius 3 is 2.52 bits per heavy atom. The normalized spacial score (nSPS) is 10.8. The van der Waals surface area contributed by atoms with Gasteiger partial charge < -0.3 is 5.32 Å². The highest BCUT2D eigenvalue weighted by Crippen LogP contribution is 2.10. The lowest BCUT2D eigenvalue weighted by Crippen LogP contribution is -2.32. The van der Waals surface area contributed by atoms with Crippen LogP contribution in [0.1, 0.15) is 16.0 Å². The molecule has 4 aromatic rings. The summed E-state index contributed by atoms with van der Waals surface area (Å²) >= 11 is 6.34. The minimum absolute atomic E-state index is 0.151. The molecule has 0 saturated heterocycles. The lowest BCUT2D eigenvalue weighted by atomic mass is 10.1. The van der Waals surface area contributed by atoms with Gasteiger partial charge in [-0.15, -0.1) is 0 Å². The lowest BCUT2D eigenvalue weighted by Gasteiger charge is -2.06. The van der Waals surface area contributed by atoms with Gasteiger partial charge in [0.2, 0.25) is 0 Å². The molecule has 0 unspecified atom stereocenters. The number of aromatic nitrogens is 2. The molecule has 8 heteroatoms. The Kier molecular flexibility index (Phi) is 6.61. The van der Waals surface area contributed by atoms with Crippen LogP contribution in [-0.2, 0) is 6.42 Å². The van der Waals surface area contributed by atoms with E-state index in [-0.39, 0.29) is 4.87 Å². The summed E-state index contributed by atoms with van der Waals surface area (Å²) in [7, 11) is 0. The number of thiazole rings is 1. The number of anilines is 1. The minimum atomic E-state index is -0.151. The highest BCUT2D eigenvalue weighted by atomic mass is 32.1. The van der Waals surface area contributed by atoms with E-state index in [0.29, 0.717) is 15.8 Å². The van der Waals surface area contributed by atoms with Crippen molar-refractivity contribution >= 4 is 40.6 Å². The van der Waals surface area contributed by atoms with Crippen LogP contribution >= 0.6 is 23.6 Å². The summed E-state index contributed by atoms with van der Waals surface area (Å²) in [4.78, 5) is 15.5. The smallest absolute Gasteiger partial charge is 0.331 e. The molecule has 0 fully saturated rings. The molecule has 6 nitrogen and oxygen atoms in total. The fourth-order valence-corrected chi connectivity index (χ4v) is 3.92. The number of benzene rings is 2. The second kappa shape index (κ2) is 9.92. The highest BCUT2D eigenvalue weighted by Gasteiger charge is 2.16. The molecule has 0 atom stereocenters. The van der Waals surface area contributed by atoms with Crippen LogP contribution < -0.4 is 20.2 Å². The third kappa shape index (κ3) is 5.71. The highest BCUT2D eigenvalue weighted by molar-refractivity contribution is 7.80. The summed E-state index contributed by atoms with van der Waals surface area (Å²) in [6.45, 7) is 0. The molecule has 31 heavy (non-hydrogen) atoms. The van der Waals surface area contributed by atoms with E-state index in [1.54, 1.807) is 6.21 Å². The standard InChI is InChI=1S/C23H19N5OS2/c29-23-26-21(28-13-7-10-18(16-28)14-17-8-3-1-4-9-17)20(31-23)15-24-27-22(30)25-19-11-5-2-6-12-19/h1-13,15-16H,14H2,(H2-,24,25,26,27,29,30)/p+1. The van der Waals surface area contributed by atoms with E-state index in [9.17, 15) is 4.79 Å². The molecule has 0 aliphatic heterocycles. The molecule has 0 bridgehead atoms. The van der Waals surface area contributed by atoms with Crippen LogP contribution in [0.25, 0.3) is 5.82 Å². The number of aromatic amines is 1. The van der Waals surface area contributed by atoms with E-state index in [4.69, 9.17) is 12.2 Å². The summed E-state index contributed by atoms with van der Waals surface area (Å²) in [5.74, 6) is 0.664. The van der Waals surface area contributed by atoms with E-state index in [1.807, 2.05) is 71.6 Å². The van der Waals surface area contributed by atoms with Crippen molar-refractivity contribution in [2.75, 3.05) is 5.32 Å². The Morgan fingerprint density at radius 2 is 1.74 bits per heavy atom. The molecule has 0 saturated carbocycles. The predicted octanol–water partition coefficient (Wildman–Crippen LogP) is 3.62. The number of hydrazone groups is 1. The van der Waals surface area contributed by atoms with E-state index in [2.05, 4.69) is 39.0 Å². The van der Waals surface area contributed by atoms with Gasteiger partial charge in [0.1, 0.15) is 4.88 Å². The number of H-pyrrole nitrogens is 1. The average Bonchev–Trinajstić information content (AvgIpc) is 3.16. The maximum Gasteiger partial charge on any atom is 0.390 e. The first kappa shape index (κ1) is 20.6. The van der Waals surface area contributed by atoms with Gasteiger partial charge in [-0.05, 0) is 52.9 Å². The van der Waals surface area contributed by atoms with Crippen molar-refractivity contribution in [3.8, 4) is 5.82 Å². The molecule has 2 heterocycles. The zero-order valence-electron chi connectivity index (χ0n) is 16.5. The van der Waals surface area contributed by atoms with Crippen molar-refractivity contribution < 1.29 is 4.57 Å². The second-order valence-electron chi connectivity index (χ2n) is 6.70. The number of nitrogens with one attached hydrogen (secondary N) is 3. The largest absolute Gasteiger partial charge is 0.390 e. The molecule has 0 amide bonds. The predicted molar refractivity (Wildman–Crippen MR) is 129 cm³/mol. The second-order valence-corrected chi connectivity index (χ2v) is 8.12. The fraction of sp³-hybridized carbons (Fsp3) is 0.0435. The Balaban J connectivity index is 1.48. The van der Waals surface area contributed by atoms with Crippen molar-refractivity contribution in [3.63, 3.8) is 0 Å². The Morgan fingerprint density at radius 1 is 1.03 bits per heavy atom. The summed E-state index contributed by atoms with van der Waals surface area (Å²) in [5.41, 5.74) is 6.01. The van der Waals surface area contributed by atoms with E-state index in [1.165, 1.54) is 5.56 Å². The van der Waals surface area contributed by atoms with Crippen LogP contribution in [-0.4, -0.2) is 16.3 Å². The van der Waals surface area contributed by atoms with Crippen LogP contribution in [0, 0.1) is 0 Å². The van der Waals surface area contributed by atoms with Gasteiger partial charge in [-0.2, -0.15) is 10.1 Å². The van der Waals surface area contributed by atoms with E-state index in [0.717, 1.165) is 29.0 Å². The number of hydrogen-bond acceptors (Lipinski definition) is 4. The molecule has 0 spiro atoms. The first-order valence-electron chi connectivity index (χ1n) is 9.60. The van der Waals surface area contributed by atoms with Gasteiger partial charge in [-0.1, -0.05) is 54.6 Å². The summed E-state index contributed by atoms with van der Waals surface area (Å²) in [5, 5.41) is 7.60. The number of nitrogens with zero attached hydrogens (tertiary/aromatic N) is 2. The molecule has 2 aromatic carbocycles. The zero-order chi connectivity index (χ0) is 21.5. The number of para-hydroxylation sites is 1. The zero-order valence-corrected chi connectivity index (χ0v) is 18.1. The van der Waals surface area contributed by atoms with Crippen LogP contribution in [0.4, 0.5) is 5.69 Å². The maximum absolute atomic E-state index is 12.0. The number of pyridine rings is 1. The van der Waals surface area contributed by atoms with Gasteiger partial charge >= 0.3 is 10.7 Å². The first-order valence-corrected chi connectivity index (χ1v) is 10.8. The molecular weight excluding hydrogens is 426 g/mol.